The summed E-state index contributed by atoms with van der Waals surface area (Å²) in [6, 6.07) is 0. The zero-order valence-corrected chi connectivity index (χ0v) is 14.6. The topological polar surface area (TPSA) is 47.0 Å². The smallest absolute Gasteiger partial charge is 0.138 e. The highest BCUT2D eigenvalue weighted by Crippen LogP contribution is 2.44. The molecule has 0 aliphatic heterocycles. The number of fused-ring (bicyclic) bond motifs is 1. The largest absolute Gasteiger partial charge is 0.382 e. The number of thiophene rings is 1. The Balaban J connectivity index is 1.74. The van der Waals surface area contributed by atoms with E-state index in [-0.39, 0.29) is 0 Å². The number of hydrogen-bond acceptors (Lipinski definition) is 5. The van der Waals surface area contributed by atoms with Gasteiger partial charge in [-0.25, -0.2) is 9.97 Å². The van der Waals surface area contributed by atoms with Gasteiger partial charge in [0.25, 0.3) is 0 Å². The average molecular weight is 319 g/mol. The Kier molecular flexibility index (Phi) is 4.64. The summed E-state index contributed by atoms with van der Waals surface area (Å²) in [5.74, 6) is 1.85. The van der Waals surface area contributed by atoms with Crippen molar-refractivity contribution in [3.8, 4) is 0 Å². The van der Waals surface area contributed by atoms with Crippen LogP contribution in [0.25, 0.3) is 10.2 Å². The highest BCUT2D eigenvalue weighted by Gasteiger charge is 2.36. The van der Waals surface area contributed by atoms with Gasteiger partial charge in [-0.2, -0.15) is 0 Å². The summed E-state index contributed by atoms with van der Waals surface area (Å²) in [5, 5.41) is 6.98. The predicted octanol–water partition coefficient (Wildman–Crippen LogP) is 4.32. The lowest BCUT2D eigenvalue weighted by atomic mass is 9.67. The Morgan fingerprint density at radius 1 is 1.32 bits per heavy atom. The van der Waals surface area contributed by atoms with Crippen molar-refractivity contribution in [1.82, 2.24) is 9.97 Å². The van der Waals surface area contributed by atoms with Gasteiger partial charge in [-0.3, -0.25) is 0 Å². The molecule has 1 fully saturated rings. The fraction of sp³-hybridized carbons (Fsp3) is 0.647. The van der Waals surface area contributed by atoms with Crippen molar-refractivity contribution in [2.75, 3.05) is 25.1 Å². The fourth-order valence-electron chi connectivity index (χ4n) is 3.21. The van der Waals surface area contributed by atoms with Crippen LogP contribution in [0.15, 0.2) is 5.38 Å². The third-order valence-corrected chi connectivity index (χ3v) is 5.75. The molecule has 22 heavy (non-hydrogen) atoms. The first-order valence-corrected chi connectivity index (χ1v) is 9.05. The molecule has 0 unspecified atom stereocenters. The lowest BCUT2D eigenvalue weighted by molar-refractivity contribution is 0.0636. The lowest BCUT2D eigenvalue weighted by Gasteiger charge is -2.42. The normalized spacial score (nSPS) is 16.7. The van der Waals surface area contributed by atoms with Gasteiger partial charge in [0.2, 0.25) is 0 Å². The molecule has 0 spiro atoms. The van der Waals surface area contributed by atoms with Gasteiger partial charge in [-0.15, -0.1) is 11.3 Å². The third kappa shape index (κ3) is 3.10. The summed E-state index contributed by atoms with van der Waals surface area (Å²) >= 11 is 1.70. The number of aryl methyl sites for hydroxylation is 2. The number of ether oxygens (including phenoxy) is 1. The Hall–Kier alpha value is -1.20. The summed E-state index contributed by atoms with van der Waals surface area (Å²) in [6.07, 6.45) is 5.07. The van der Waals surface area contributed by atoms with E-state index in [2.05, 4.69) is 34.5 Å². The maximum absolute atomic E-state index is 5.56. The summed E-state index contributed by atoms with van der Waals surface area (Å²) in [5.41, 5.74) is 1.66. The summed E-state index contributed by atoms with van der Waals surface area (Å²) in [4.78, 5) is 10.3. The molecule has 1 aliphatic carbocycles. The molecule has 1 saturated carbocycles. The molecular formula is C17H25N3OS. The molecule has 1 N–H and O–H groups in total. The van der Waals surface area contributed by atoms with Crippen molar-refractivity contribution in [3.05, 3.63) is 16.8 Å². The Labute approximate surface area is 136 Å². The molecule has 2 aromatic heterocycles. The SMILES string of the molecule is CCOCCC1(CNc2nc(C)nc3scc(C)c23)CCC1. The van der Waals surface area contributed by atoms with Crippen LogP contribution in [0, 0.1) is 19.3 Å². The van der Waals surface area contributed by atoms with Gasteiger partial charge >= 0.3 is 0 Å². The van der Waals surface area contributed by atoms with E-state index in [1.165, 1.54) is 30.2 Å². The van der Waals surface area contributed by atoms with Gasteiger partial charge in [-0.05, 0) is 56.4 Å². The number of nitrogens with zero attached hydrogens (tertiary/aromatic N) is 2. The van der Waals surface area contributed by atoms with E-state index in [1.54, 1.807) is 11.3 Å². The second kappa shape index (κ2) is 6.50. The minimum atomic E-state index is 0.393. The Morgan fingerprint density at radius 3 is 2.82 bits per heavy atom. The minimum absolute atomic E-state index is 0.393. The van der Waals surface area contributed by atoms with Crippen LogP contribution in [0.5, 0.6) is 0 Å². The van der Waals surface area contributed by atoms with Crippen LogP contribution < -0.4 is 5.32 Å². The van der Waals surface area contributed by atoms with Gasteiger partial charge in [0.05, 0.1) is 5.39 Å². The van der Waals surface area contributed by atoms with E-state index in [9.17, 15) is 0 Å². The van der Waals surface area contributed by atoms with Crippen molar-refractivity contribution in [2.45, 2.75) is 46.5 Å². The molecule has 0 saturated heterocycles. The maximum atomic E-state index is 5.56. The first-order chi connectivity index (χ1) is 10.6. The second-order valence-electron chi connectivity index (χ2n) is 6.37. The van der Waals surface area contributed by atoms with Gasteiger partial charge in [0, 0.05) is 19.8 Å². The van der Waals surface area contributed by atoms with E-state index in [4.69, 9.17) is 4.74 Å². The molecule has 5 heteroatoms. The van der Waals surface area contributed by atoms with Crippen LogP contribution >= 0.6 is 11.3 Å². The third-order valence-electron chi connectivity index (χ3n) is 4.76. The van der Waals surface area contributed by atoms with Crippen molar-refractivity contribution in [1.29, 1.82) is 0 Å². The number of aromatic nitrogens is 2. The highest BCUT2D eigenvalue weighted by atomic mass is 32.1. The molecule has 1 aliphatic rings. The van der Waals surface area contributed by atoms with E-state index in [1.807, 2.05) is 6.92 Å². The molecular weight excluding hydrogens is 294 g/mol. The van der Waals surface area contributed by atoms with Gasteiger partial charge < -0.3 is 10.1 Å². The van der Waals surface area contributed by atoms with E-state index >= 15 is 0 Å². The lowest BCUT2D eigenvalue weighted by Crippen LogP contribution is -2.38. The minimum Gasteiger partial charge on any atom is -0.382 e. The Morgan fingerprint density at radius 2 is 2.14 bits per heavy atom. The monoisotopic (exact) mass is 319 g/mol. The number of rotatable bonds is 7. The molecule has 0 aromatic carbocycles. The van der Waals surface area contributed by atoms with E-state index < -0.39 is 0 Å². The second-order valence-corrected chi connectivity index (χ2v) is 7.23. The standard InChI is InChI=1S/C17H25N3OS/c1-4-21-9-8-17(6-5-7-17)11-18-15-14-12(2)10-22-16(14)20-13(3)19-15/h10H,4-9,11H2,1-3H3,(H,18,19,20). The van der Waals surface area contributed by atoms with Crippen molar-refractivity contribution in [3.63, 3.8) is 0 Å². The zero-order valence-electron chi connectivity index (χ0n) is 13.7. The van der Waals surface area contributed by atoms with Crippen LogP contribution in [-0.2, 0) is 4.74 Å². The van der Waals surface area contributed by atoms with Gasteiger partial charge in [0.1, 0.15) is 16.5 Å². The van der Waals surface area contributed by atoms with Gasteiger partial charge in [-0.1, -0.05) is 6.42 Å². The zero-order chi connectivity index (χ0) is 15.6. The molecule has 4 nitrogen and oxygen atoms in total. The van der Waals surface area contributed by atoms with Crippen LogP contribution in [0.1, 0.15) is 44.0 Å². The van der Waals surface area contributed by atoms with Gasteiger partial charge in [0.15, 0.2) is 0 Å². The molecule has 0 atom stereocenters. The maximum Gasteiger partial charge on any atom is 0.138 e. The van der Waals surface area contributed by atoms with E-state index in [0.29, 0.717) is 5.41 Å². The average Bonchev–Trinajstić information content (AvgIpc) is 2.82. The van der Waals surface area contributed by atoms with Crippen LogP contribution in [0.2, 0.25) is 0 Å². The summed E-state index contributed by atoms with van der Waals surface area (Å²) in [7, 11) is 0. The van der Waals surface area contributed by atoms with E-state index in [0.717, 1.165) is 42.7 Å². The molecule has 0 bridgehead atoms. The molecule has 120 valence electrons. The molecule has 3 rings (SSSR count). The first kappa shape index (κ1) is 15.7. The van der Waals surface area contributed by atoms with Crippen molar-refractivity contribution in [2.24, 2.45) is 5.41 Å². The number of nitrogens with one attached hydrogen (secondary N) is 1. The molecule has 0 amide bonds. The fourth-order valence-corrected chi connectivity index (χ4v) is 4.18. The van der Waals surface area contributed by atoms with Crippen LogP contribution in [0.3, 0.4) is 0 Å². The first-order valence-electron chi connectivity index (χ1n) is 8.18. The number of anilines is 1. The molecule has 0 radical (unpaired) electrons. The number of hydrogen-bond donors (Lipinski definition) is 1. The molecule has 2 aromatic rings. The summed E-state index contributed by atoms with van der Waals surface area (Å²) < 4.78 is 5.56. The van der Waals surface area contributed by atoms with Crippen LogP contribution in [0.4, 0.5) is 5.82 Å². The summed E-state index contributed by atoms with van der Waals surface area (Å²) in [6.45, 7) is 8.83. The quantitative estimate of drug-likeness (QED) is 0.772. The van der Waals surface area contributed by atoms with Crippen molar-refractivity contribution >= 4 is 27.4 Å². The van der Waals surface area contributed by atoms with Crippen LogP contribution in [-0.4, -0.2) is 29.7 Å². The molecule has 2 heterocycles. The Bertz CT molecular complexity index is 649. The van der Waals surface area contributed by atoms with Crippen molar-refractivity contribution < 1.29 is 4.74 Å². The predicted molar refractivity (Wildman–Crippen MR) is 92.8 cm³/mol. The highest BCUT2D eigenvalue weighted by molar-refractivity contribution is 7.17.